The Bertz CT molecular complexity index is 885. The smallest absolute Gasteiger partial charge is 0.363 e. The number of carbonyl (C=O) groups excluding carboxylic acids is 1. The van der Waals surface area contributed by atoms with Crippen molar-refractivity contribution in [3.63, 3.8) is 0 Å². The lowest BCUT2D eigenvalue weighted by Gasteiger charge is -2.10. The minimum atomic E-state index is -0.513. The summed E-state index contributed by atoms with van der Waals surface area (Å²) in [5.74, 6) is 0.671. The molecule has 2 aromatic carbocycles. The number of hydrogen-bond donors (Lipinski definition) is 0. The molecule has 0 aromatic heterocycles. The van der Waals surface area contributed by atoms with E-state index in [4.69, 9.17) is 25.8 Å². The van der Waals surface area contributed by atoms with E-state index in [1.54, 1.807) is 18.2 Å². The standard InChI is InChI=1S/C19H16ClNO4/c1-11-4-6-13(7-5-11)18-21-15(19(22)25-18)9-12-8-14(20)17(24-3)16(10-12)23-2/h4-10H,1-3H3. The highest BCUT2D eigenvalue weighted by atomic mass is 35.5. The Hall–Kier alpha value is -2.79. The van der Waals surface area contributed by atoms with Crippen LogP contribution in [0.3, 0.4) is 0 Å². The summed E-state index contributed by atoms with van der Waals surface area (Å²) >= 11 is 6.19. The van der Waals surface area contributed by atoms with Gasteiger partial charge in [0.1, 0.15) is 0 Å². The van der Waals surface area contributed by atoms with Gasteiger partial charge in [-0.05, 0) is 42.8 Å². The quantitative estimate of drug-likeness (QED) is 0.612. The van der Waals surface area contributed by atoms with Crippen LogP contribution in [0.1, 0.15) is 16.7 Å². The van der Waals surface area contributed by atoms with Gasteiger partial charge >= 0.3 is 5.97 Å². The van der Waals surface area contributed by atoms with Crippen molar-refractivity contribution in [2.45, 2.75) is 6.92 Å². The Morgan fingerprint density at radius 3 is 2.48 bits per heavy atom. The number of ether oxygens (including phenoxy) is 3. The second-order valence-electron chi connectivity index (χ2n) is 5.44. The van der Waals surface area contributed by atoms with Crippen molar-refractivity contribution >= 4 is 29.5 Å². The maximum Gasteiger partial charge on any atom is 0.363 e. The molecule has 3 rings (SSSR count). The largest absolute Gasteiger partial charge is 0.493 e. The lowest BCUT2D eigenvalue weighted by molar-refractivity contribution is -0.129. The molecule has 0 spiro atoms. The average Bonchev–Trinajstić information content (AvgIpc) is 2.95. The van der Waals surface area contributed by atoms with Crippen molar-refractivity contribution < 1.29 is 19.0 Å². The van der Waals surface area contributed by atoms with Gasteiger partial charge in [-0.25, -0.2) is 9.79 Å². The number of methoxy groups -OCH3 is 2. The van der Waals surface area contributed by atoms with Crippen molar-refractivity contribution in [1.29, 1.82) is 0 Å². The second-order valence-corrected chi connectivity index (χ2v) is 5.85. The summed E-state index contributed by atoms with van der Waals surface area (Å²) in [4.78, 5) is 16.4. The van der Waals surface area contributed by atoms with Gasteiger partial charge in [0.15, 0.2) is 17.2 Å². The highest BCUT2D eigenvalue weighted by Crippen LogP contribution is 2.36. The third-order valence-electron chi connectivity index (χ3n) is 3.68. The highest BCUT2D eigenvalue weighted by Gasteiger charge is 2.24. The summed E-state index contributed by atoms with van der Waals surface area (Å²) < 4.78 is 15.7. The predicted octanol–water partition coefficient (Wildman–Crippen LogP) is 4.01. The molecule has 2 aromatic rings. The third kappa shape index (κ3) is 3.51. The molecule has 128 valence electrons. The van der Waals surface area contributed by atoms with Crippen LogP contribution in [0.15, 0.2) is 47.1 Å². The number of aryl methyl sites for hydroxylation is 1. The van der Waals surface area contributed by atoms with Crippen molar-refractivity contribution in [1.82, 2.24) is 0 Å². The summed E-state index contributed by atoms with van der Waals surface area (Å²) in [5, 5.41) is 0.378. The lowest BCUT2D eigenvalue weighted by atomic mass is 10.1. The van der Waals surface area contributed by atoms with Crippen LogP contribution in [0.25, 0.3) is 6.08 Å². The lowest BCUT2D eigenvalue weighted by Crippen LogP contribution is -2.05. The zero-order valence-corrected chi connectivity index (χ0v) is 14.8. The van der Waals surface area contributed by atoms with Crippen LogP contribution < -0.4 is 9.47 Å². The van der Waals surface area contributed by atoms with Gasteiger partial charge in [-0.1, -0.05) is 29.3 Å². The molecule has 0 bridgehead atoms. The molecule has 1 aliphatic rings. The number of rotatable bonds is 4. The van der Waals surface area contributed by atoms with E-state index in [0.717, 1.165) is 11.1 Å². The number of esters is 1. The van der Waals surface area contributed by atoms with E-state index in [1.807, 2.05) is 31.2 Å². The fourth-order valence-corrected chi connectivity index (χ4v) is 2.70. The number of nitrogens with zero attached hydrogens (tertiary/aromatic N) is 1. The first-order valence-corrected chi connectivity index (χ1v) is 7.90. The van der Waals surface area contributed by atoms with Gasteiger partial charge in [0.2, 0.25) is 5.90 Å². The summed E-state index contributed by atoms with van der Waals surface area (Å²) in [5.41, 5.74) is 2.71. The Morgan fingerprint density at radius 1 is 1.12 bits per heavy atom. The molecule has 1 heterocycles. The van der Waals surface area contributed by atoms with Crippen molar-refractivity contribution in [3.8, 4) is 11.5 Å². The van der Waals surface area contributed by atoms with Crippen molar-refractivity contribution in [2.75, 3.05) is 14.2 Å². The van der Waals surface area contributed by atoms with Crippen LogP contribution >= 0.6 is 11.6 Å². The molecule has 0 atom stereocenters. The molecule has 0 aliphatic carbocycles. The molecule has 0 saturated heterocycles. The van der Waals surface area contributed by atoms with Crippen LogP contribution in [0, 0.1) is 6.92 Å². The number of cyclic esters (lactones) is 1. The first-order chi connectivity index (χ1) is 12.0. The molecule has 0 saturated carbocycles. The van der Waals surface area contributed by atoms with E-state index in [-0.39, 0.29) is 11.6 Å². The fraction of sp³-hybridized carbons (Fsp3) is 0.158. The summed E-state index contributed by atoms with van der Waals surface area (Å²) in [6, 6.07) is 11.0. The average molecular weight is 358 g/mol. The van der Waals surface area contributed by atoms with Crippen LogP contribution in [0.5, 0.6) is 11.5 Å². The van der Waals surface area contributed by atoms with Crippen LogP contribution in [-0.2, 0) is 9.53 Å². The molecule has 1 aliphatic heterocycles. The van der Waals surface area contributed by atoms with Gasteiger partial charge in [-0.15, -0.1) is 0 Å². The zero-order valence-electron chi connectivity index (χ0n) is 14.0. The zero-order chi connectivity index (χ0) is 18.0. The van der Waals surface area contributed by atoms with Gasteiger partial charge in [0, 0.05) is 5.56 Å². The molecule has 0 N–H and O–H groups in total. The monoisotopic (exact) mass is 357 g/mol. The number of halogens is 1. The maximum atomic E-state index is 12.1. The Balaban J connectivity index is 1.97. The number of hydrogen-bond acceptors (Lipinski definition) is 5. The Labute approximate surface area is 150 Å². The highest BCUT2D eigenvalue weighted by molar-refractivity contribution is 6.32. The van der Waals surface area contributed by atoms with Gasteiger partial charge in [0.25, 0.3) is 0 Å². The fourth-order valence-electron chi connectivity index (χ4n) is 2.41. The SMILES string of the molecule is COc1cc(C=C2N=C(c3ccc(C)cc3)OC2=O)cc(Cl)c1OC. The van der Waals surface area contributed by atoms with Crippen LogP contribution in [-0.4, -0.2) is 26.1 Å². The molecular weight excluding hydrogens is 342 g/mol. The van der Waals surface area contributed by atoms with Crippen LogP contribution in [0.4, 0.5) is 0 Å². The summed E-state index contributed by atoms with van der Waals surface area (Å²) in [6.07, 6.45) is 1.59. The van der Waals surface area contributed by atoms with Gasteiger partial charge in [-0.3, -0.25) is 0 Å². The number of carbonyl (C=O) groups is 1. The van der Waals surface area contributed by atoms with E-state index >= 15 is 0 Å². The molecule has 0 amide bonds. The normalized spacial score (nSPS) is 15.1. The predicted molar refractivity (Wildman–Crippen MR) is 96.3 cm³/mol. The van der Waals surface area contributed by atoms with E-state index in [1.165, 1.54) is 14.2 Å². The summed E-state index contributed by atoms with van der Waals surface area (Å²) in [6.45, 7) is 1.98. The molecule has 0 radical (unpaired) electrons. The molecule has 0 fully saturated rings. The molecular formula is C19H16ClNO4. The Morgan fingerprint density at radius 2 is 1.84 bits per heavy atom. The van der Waals surface area contributed by atoms with Crippen molar-refractivity contribution in [2.24, 2.45) is 4.99 Å². The van der Waals surface area contributed by atoms with Crippen molar-refractivity contribution in [3.05, 3.63) is 63.8 Å². The van der Waals surface area contributed by atoms with Gasteiger partial charge in [0.05, 0.1) is 19.2 Å². The maximum absolute atomic E-state index is 12.1. The number of benzene rings is 2. The molecule has 6 heteroatoms. The second kappa shape index (κ2) is 6.99. The third-order valence-corrected chi connectivity index (χ3v) is 3.96. The van der Waals surface area contributed by atoms with Gasteiger partial charge < -0.3 is 14.2 Å². The summed E-state index contributed by atoms with van der Waals surface area (Å²) in [7, 11) is 3.02. The molecule has 0 unspecified atom stereocenters. The van der Waals surface area contributed by atoms with Gasteiger partial charge in [-0.2, -0.15) is 0 Å². The van der Waals surface area contributed by atoms with E-state index in [9.17, 15) is 4.79 Å². The van der Waals surface area contributed by atoms with E-state index in [0.29, 0.717) is 22.1 Å². The molecule has 5 nitrogen and oxygen atoms in total. The first-order valence-electron chi connectivity index (χ1n) is 7.53. The van der Waals surface area contributed by atoms with Crippen LogP contribution in [0.2, 0.25) is 5.02 Å². The minimum Gasteiger partial charge on any atom is -0.493 e. The van der Waals surface area contributed by atoms with E-state index < -0.39 is 5.97 Å². The topological polar surface area (TPSA) is 57.1 Å². The Kier molecular flexibility index (Phi) is 4.76. The van der Waals surface area contributed by atoms with E-state index in [2.05, 4.69) is 4.99 Å². The number of aliphatic imine (C=N–C) groups is 1. The molecule has 25 heavy (non-hydrogen) atoms. The first kappa shape index (κ1) is 17.0. The minimum absolute atomic E-state index is 0.193.